The van der Waals surface area contributed by atoms with E-state index in [4.69, 9.17) is 0 Å². The van der Waals surface area contributed by atoms with E-state index < -0.39 is 0 Å². The molecule has 1 heterocycles. The van der Waals surface area contributed by atoms with Gasteiger partial charge in [0.15, 0.2) is 0 Å². The summed E-state index contributed by atoms with van der Waals surface area (Å²) >= 11 is 5.97. The lowest BCUT2D eigenvalue weighted by Gasteiger charge is -2.18. The Bertz CT molecular complexity index is 516. The lowest BCUT2D eigenvalue weighted by atomic mass is 10.0. The molecule has 0 aliphatic rings. The van der Waals surface area contributed by atoms with E-state index in [0.29, 0.717) is 6.04 Å². The largest absolute Gasteiger partial charge is 0.313 e. The van der Waals surface area contributed by atoms with Crippen LogP contribution >= 0.6 is 38.5 Å². The molecule has 0 saturated carbocycles. The molecule has 0 amide bonds. The summed E-state index contributed by atoms with van der Waals surface area (Å²) in [5.74, 6) is 0. The summed E-state index contributed by atoms with van der Waals surface area (Å²) in [6.45, 7) is 0. The van der Waals surface area contributed by atoms with Crippen molar-refractivity contribution in [3.63, 3.8) is 0 Å². The average Bonchev–Trinajstić information content (AvgIpc) is 2.40. The Morgan fingerprint density at radius 2 is 2.22 bits per heavy atom. The van der Waals surface area contributed by atoms with Crippen LogP contribution in [0.5, 0.6) is 0 Å². The van der Waals surface area contributed by atoms with Gasteiger partial charge in [-0.05, 0) is 71.5 Å². The van der Waals surface area contributed by atoms with E-state index in [1.807, 2.05) is 19.3 Å². The lowest BCUT2D eigenvalue weighted by molar-refractivity contribution is 0.588. The van der Waals surface area contributed by atoms with E-state index in [1.54, 1.807) is 6.20 Å². The van der Waals surface area contributed by atoms with Crippen molar-refractivity contribution in [2.24, 2.45) is 0 Å². The minimum atomic E-state index is 0.290. The predicted octanol–water partition coefficient (Wildman–Crippen LogP) is 3.95. The number of halogens is 2. The van der Waals surface area contributed by atoms with Gasteiger partial charge in [0.1, 0.15) is 0 Å². The molecule has 0 bridgehead atoms. The maximum absolute atomic E-state index is 4.16. The van der Waals surface area contributed by atoms with Crippen molar-refractivity contribution in [1.82, 2.24) is 10.3 Å². The Morgan fingerprint density at radius 1 is 1.39 bits per heavy atom. The molecule has 2 rings (SSSR count). The van der Waals surface area contributed by atoms with Gasteiger partial charge in [-0.25, -0.2) is 0 Å². The number of rotatable bonds is 4. The number of benzene rings is 1. The van der Waals surface area contributed by atoms with Crippen LogP contribution in [0.2, 0.25) is 0 Å². The van der Waals surface area contributed by atoms with Gasteiger partial charge in [-0.1, -0.05) is 22.0 Å². The molecule has 18 heavy (non-hydrogen) atoms. The van der Waals surface area contributed by atoms with Crippen LogP contribution in [0.4, 0.5) is 0 Å². The van der Waals surface area contributed by atoms with E-state index in [0.717, 1.165) is 10.9 Å². The average molecular weight is 417 g/mol. The number of pyridine rings is 1. The lowest BCUT2D eigenvalue weighted by Crippen LogP contribution is -2.19. The molecular formula is C14H14BrIN2. The molecule has 2 aromatic rings. The van der Waals surface area contributed by atoms with Gasteiger partial charge < -0.3 is 5.32 Å². The minimum absolute atomic E-state index is 0.290. The number of nitrogens with zero attached hydrogens (tertiary/aromatic N) is 1. The minimum Gasteiger partial charge on any atom is -0.313 e. The molecule has 0 aliphatic heterocycles. The second-order valence-electron chi connectivity index (χ2n) is 4.07. The van der Waals surface area contributed by atoms with Crippen molar-refractivity contribution in [2.75, 3.05) is 7.05 Å². The van der Waals surface area contributed by atoms with Crippen molar-refractivity contribution in [1.29, 1.82) is 0 Å². The van der Waals surface area contributed by atoms with E-state index in [2.05, 4.69) is 73.1 Å². The standard InChI is InChI=1S/C14H14BrIN2/c1-17-14(7-10-3-2-6-18-9-10)12-8-11(16)4-5-13(12)15/h2-6,8-9,14,17H,7H2,1H3. The van der Waals surface area contributed by atoms with Gasteiger partial charge in [0.05, 0.1) is 0 Å². The van der Waals surface area contributed by atoms with Crippen LogP contribution in [0.15, 0.2) is 47.2 Å². The SMILES string of the molecule is CNC(Cc1cccnc1)c1cc(I)ccc1Br. The number of hydrogen-bond donors (Lipinski definition) is 1. The highest BCUT2D eigenvalue weighted by Crippen LogP contribution is 2.27. The maximum atomic E-state index is 4.16. The summed E-state index contributed by atoms with van der Waals surface area (Å²) in [4.78, 5) is 4.16. The molecule has 94 valence electrons. The van der Waals surface area contributed by atoms with E-state index in [1.165, 1.54) is 14.7 Å². The maximum Gasteiger partial charge on any atom is 0.0370 e. The molecule has 1 unspecified atom stereocenters. The Kier molecular flexibility index (Phi) is 5.14. The highest BCUT2D eigenvalue weighted by atomic mass is 127. The molecule has 4 heteroatoms. The molecule has 0 aliphatic carbocycles. The molecule has 0 fully saturated rings. The van der Waals surface area contributed by atoms with E-state index >= 15 is 0 Å². The van der Waals surface area contributed by atoms with Crippen molar-refractivity contribution in [3.8, 4) is 0 Å². The van der Waals surface area contributed by atoms with Gasteiger partial charge in [0, 0.05) is 26.5 Å². The first-order chi connectivity index (χ1) is 8.70. The highest BCUT2D eigenvalue weighted by molar-refractivity contribution is 14.1. The van der Waals surface area contributed by atoms with Crippen LogP contribution < -0.4 is 5.32 Å². The summed E-state index contributed by atoms with van der Waals surface area (Å²) in [5.41, 5.74) is 2.52. The summed E-state index contributed by atoms with van der Waals surface area (Å²) in [5, 5.41) is 3.37. The van der Waals surface area contributed by atoms with Gasteiger partial charge >= 0.3 is 0 Å². The first-order valence-corrected chi connectivity index (χ1v) is 7.59. The van der Waals surface area contributed by atoms with Crippen LogP contribution in [-0.4, -0.2) is 12.0 Å². The van der Waals surface area contributed by atoms with Crippen LogP contribution in [0.3, 0.4) is 0 Å². The normalized spacial score (nSPS) is 12.4. The molecule has 1 aromatic heterocycles. The van der Waals surface area contributed by atoms with Crippen LogP contribution in [0, 0.1) is 3.57 Å². The molecule has 1 aromatic carbocycles. The fraction of sp³-hybridized carbons (Fsp3) is 0.214. The molecular weight excluding hydrogens is 403 g/mol. The highest BCUT2D eigenvalue weighted by Gasteiger charge is 2.13. The van der Waals surface area contributed by atoms with E-state index in [9.17, 15) is 0 Å². The Morgan fingerprint density at radius 3 is 2.89 bits per heavy atom. The van der Waals surface area contributed by atoms with Crippen molar-refractivity contribution < 1.29 is 0 Å². The second kappa shape index (κ2) is 6.63. The van der Waals surface area contributed by atoms with Crippen LogP contribution in [0.1, 0.15) is 17.2 Å². The molecule has 1 atom stereocenters. The smallest absolute Gasteiger partial charge is 0.0370 e. The first kappa shape index (κ1) is 14.0. The summed E-state index contributed by atoms with van der Waals surface area (Å²) in [6, 6.07) is 10.8. The molecule has 0 saturated heterocycles. The van der Waals surface area contributed by atoms with E-state index in [-0.39, 0.29) is 0 Å². The van der Waals surface area contributed by atoms with Gasteiger partial charge in [-0.2, -0.15) is 0 Å². The number of likely N-dealkylation sites (N-methyl/N-ethyl adjacent to an activating group) is 1. The van der Waals surface area contributed by atoms with Gasteiger partial charge in [0.25, 0.3) is 0 Å². The monoisotopic (exact) mass is 416 g/mol. The number of hydrogen-bond acceptors (Lipinski definition) is 2. The molecule has 1 N–H and O–H groups in total. The summed E-state index contributed by atoms with van der Waals surface area (Å²) in [7, 11) is 1.99. The van der Waals surface area contributed by atoms with Gasteiger partial charge in [-0.15, -0.1) is 0 Å². The molecule has 0 spiro atoms. The van der Waals surface area contributed by atoms with Crippen LogP contribution in [-0.2, 0) is 6.42 Å². The fourth-order valence-electron chi connectivity index (χ4n) is 1.90. The first-order valence-electron chi connectivity index (χ1n) is 5.72. The Labute approximate surface area is 129 Å². The second-order valence-corrected chi connectivity index (χ2v) is 6.17. The number of aromatic nitrogens is 1. The zero-order chi connectivity index (χ0) is 13.0. The number of nitrogens with one attached hydrogen (secondary N) is 1. The van der Waals surface area contributed by atoms with Crippen LogP contribution in [0.25, 0.3) is 0 Å². The Balaban J connectivity index is 2.26. The van der Waals surface area contributed by atoms with Gasteiger partial charge in [0.2, 0.25) is 0 Å². The summed E-state index contributed by atoms with van der Waals surface area (Å²) < 4.78 is 2.39. The third-order valence-corrected chi connectivity index (χ3v) is 4.24. The zero-order valence-electron chi connectivity index (χ0n) is 10.0. The third-order valence-electron chi connectivity index (χ3n) is 2.84. The quantitative estimate of drug-likeness (QED) is 0.763. The summed E-state index contributed by atoms with van der Waals surface area (Å²) in [6.07, 6.45) is 4.66. The van der Waals surface area contributed by atoms with Crippen molar-refractivity contribution >= 4 is 38.5 Å². The van der Waals surface area contributed by atoms with Crippen molar-refractivity contribution in [2.45, 2.75) is 12.5 Å². The van der Waals surface area contributed by atoms with Gasteiger partial charge in [-0.3, -0.25) is 4.98 Å². The zero-order valence-corrected chi connectivity index (χ0v) is 13.8. The Hall–Kier alpha value is -0.460. The third kappa shape index (κ3) is 3.52. The topological polar surface area (TPSA) is 24.9 Å². The fourth-order valence-corrected chi connectivity index (χ4v) is 2.94. The van der Waals surface area contributed by atoms with Crippen molar-refractivity contribution in [3.05, 3.63) is 61.9 Å². The molecule has 0 radical (unpaired) electrons. The molecule has 2 nitrogen and oxygen atoms in total. The predicted molar refractivity (Wildman–Crippen MR) is 86.6 cm³/mol.